The van der Waals surface area contributed by atoms with Gasteiger partial charge in [-0.25, -0.2) is 9.78 Å². The Balaban J connectivity index is 1.31. The van der Waals surface area contributed by atoms with Crippen molar-refractivity contribution in [3.05, 3.63) is 41.5 Å². The molecule has 156 valence electrons. The Morgan fingerprint density at radius 3 is 2.87 bits per heavy atom. The fourth-order valence-corrected chi connectivity index (χ4v) is 4.24. The predicted octanol–water partition coefficient (Wildman–Crippen LogP) is 0.302. The number of aromatic carboxylic acids is 1. The molecule has 1 aliphatic carbocycles. The first-order valence-electron chi connectivity index (χ1n) is 9.76. The summed E-state index contributed by atoms with van der Waals surface area (Å²) in [6, 6.07) is 3.42. The zero-order chi connectivity index (χ0) is 21.2. The second-order valence-corrected chi connectivity index (χ2v) is 8.28. The van der Waals surface area contributed by atoms with Crippen molar-refractivity contribution in [2.45, 2.75) is 36.7 Å². The van der Waals surface area contributed by atoms with Crippen LogP contribution in [-0.2, 0) is 10.3 Å². The first-order valence-corrected chi connectivity index (χ1v) is 9.76. The van der Waals surface area contributed by atoms with Crippen molar-refractivity contribution >= 4 is 19.0 Å². The van der Waals surface area contributed by atoms with Gasteiger partial charge in [-0.15, -0.1) is 0 Å². The second kappa shape index (κ2) is 6.48. The van der Waals surface area contributed by atoms with Crippen LogP contribution in [0, 0.1) is 0 Å². The molecule has 2 fully saturated rings. The lowest BCUT2D eigenvalue weighted by molar-refractivity contribution is -0.145. The topological polar surface area (TPSA) is 151 Å². The summed E-state index contributed by atoms with van der Waals surface area (Å²) in [5, 5.41) is 19.8. The fourth-order valence-electron chi connectivity index (χ4n) is 4.24. The van der Waals surface area contributed by atoms with Crippen molar-refractivity contribution in [1.29, 1.82) is 0 Å². The molecule has 11 heteroatoms. The molecule has 5 N–H and O–H groups in total. The molecule has 3 atom stereocenters. The maximum atomic E-state index is 12.7. The minimum atomic E-state index is -1.27. The molecule has 5 rings (SSSR count). The number of hydrogen-bond donors (Lipinski definition) is 4. The van der Waals surface area contributed by atoms with E-state index >= 15 is 0 Å². The van der Waals surface area contributed by atoms with Crippen molar-refractivity contribution in [3.8, 4) is 11.5 Å². The Hall–Kier alpha value is -3.05. The summed E-state index contributed by atoms with van der Waals surface area (Å²) >= 11 is 0. The van der Waals surface area contributed by atoms with Gasteiger partial charge in [0, 0.05) is 12.0 Å². The number of rotatable bonds is 5. The number of aromatic nitrogens is 2. The molecule has 10 nitrogen and oxygen atoms in total. The number of carbonyl (C=O) groups is 2. The summed E-state index contributed by atoms with van der Waals surface area (Å²) in [7, 11) is -1.00. The molecule has 1 saturated carbocycles. The number of H-pyrrole nitrogens is 1. The number of nitrogens with one attached hydrogen (secondary N) is 1. The number of carboxylic acids is 1. The van der Waals surface area contributed by atoms with Crippen LogP contribution in [-0.4, -0.2) is 63.2 Å². The highest BCUT2D eigenvalue weighted by Gasteiger charge is 2.54. The third-order valence-electron chi connectivity index (χ3n) is 6.11. The number of nitrogens with two attached hydrogens (primary N) is 1. The van der Waals surface area contributed by atoms with E-state index in [1.807, 2.05) is 0 Å². The fraction of sp³-hybridized carbons (Fsp3) is 0.421. The van der Waals surface area contributed by atoms with E-state index in [4.69, 9.17) is 15.1 Å². The van der Waals surface area contributed by atoms with E-state index in [0.29, 0.717) is 5.69 Å². The zero-order valence-electron chi connectivity index (χ0n) is 16.2. The largest absolute Gasteiger partial charge is 0.535 e. The quantitative estimate of drug-likeness (QED) is 0.512. The number of fused-ring (bicyclic) bond motifs is 3. The van der Waals surface area contributed by atoms with E-state index in [1.165, 1.54) is 6.33 Å². The molecule has 0 spiro atoms. The number of benzene rings is 1. The number of carbonyl (C=O) groups excluding carboxylic acids is 1. The van der Waals surface area contributed by atoms with Crippen LogP contribution >= 0.6 is 0 Å². The van der Waals surface area contributed by atoms with Crippen LogP contribution in [0.4, 0.5) is 0 Å². The van der Waals surface area contributed by atoms with Crippen LogP contribution in [0.5, 0.6) is 11.5 Å². The molecule has 3 heterocycles. The second-order valence-electron chi connectivity index (χ2n) is 8.28. The molecule has 1 aromatic heterocycles. The number of nitrogens with zero attached hydrogens (tertiary/aromatic N) is 2. The lowest BCUT2D eigenvalue weighted by Gasteiger charge is -2.42. The monoisotopic (exact) mass is 412 g/mol. The molecule has 0 unspecified atom stereocenters. The van der Waals surface area contributed by atoms with Gasteiger partial charge in [0.2, 0.25) is 5.91 Å². The predicted molar refractivity (Wildman–Crippen MR) is 104 cm³/mol. The first kappa shape index (κ1) is 19.0. The van der Waals surface area contributed by atoms with Crippen molar-refractivity contribution in [2.24, 2.45) is 5.73 Å². The Kier molecular flexibility index (Phi) is 4.09. The van der Waals surface area contributed by atoms with Crippen molar-refractivity contribution in [1.82, 2.24) is 14.9 Å². The highest BCUT2D eigenvalue weighted by atomic mass is 16.5. The van der Waals surface area contributed by atoms with Crippen LogP contribution in [0.1, 0.15) is 40.9 Å². The molecule has 2 aromatic rings. The number of amides is 1. The third kappa shape index (κ3) is 2.84. The Labute approximate surface area is 172 Å². The van der Waals surface area contributed by atoms with Gasteiger partial charge >= 0.3 is 13.1 Å². The van der Waals surface area contributed by atoms with Gasteiger partial charge in [-0.05, 0) is 30.9 Å². The van der Waals surface area contributed by atoms with E-state index in [2.05, 4.69) is 9.97 Å². The number of aromatic amines is 1. The Bertz CT molecular complexity index is 1020. The Morgan fingerprint density at radius 1 is 1.43 bits per heavy atom. The van der Waals surface area contributed by atoms with Crippen molar-refractivity contribution in [3.63, 3.8) is 0 Å². The third-order valence-corrected chi connectivity index (χ3v) is 6.11. The molecule has 30 heavy (non-hydrogen) atoms. The van der Waals surface area contributed by atoms with Gasteiger partial charge < -0.3 is 35.1 Å². The summed E-state index contributed by atoms with van der Waals surface area (Å²) in [5.41, 5.74) is 6.04. The highest BCUT2D eigenvalue weighted by Crippen LogP contribution is 2.60. The van der Waals surface area contributed by atoms with Gasteiger partial charge in [-0.3, -0.25) is 4.79 Å². The molecular formula is C19H21BN4O6. The lowest BCUT2D eigenvalue weighted by atomic mass is 9.77. The van der Waals surface area contributed by atoms with E-state index in [9.17, 15) is 19.7 Å². The Morgan fingerprint density at radius 2 is 2.20 bits per heavy atom. The molecule has 0 radical (unpaired) electrons. The summed E-state index contributed by atoms with van der Waals surface area (Å²) < 4.78 is 11.4. The van der Waals surface area contributed by atoms with Gasteiger partial charge in [0.25, 0.3) is 0 Å². The maximum absolute atomic E-state index is 12.7. The highest BCUT2D eigenvalue weighted by molar-refractivity contribution is 6.48. The van der Waals surface area contributed by atoms with Gasteiger partial charge in [0.1, 0.15) is 28.7 Å². The van der Waals surface area contributed by atoms with Gasteiger partial charge in [0.05, 0.1) is 25.1 Å². The molecule has 1 aromatic carbocycles. The number of imidazole rings is 1. The summed E-state index contributed by atoms with van der Waals surface area (Å²) in [6.07, 6.45) is 3.45. The molecule has 1 saturated heterocycles. The van der Waals surface area contributed by atoms with Crippen LogP contribution < -0.4 is 15.1 Å². The summed E-state index contributed by atoms with van der Waals surface area (Å²) in [5.74, 6) is -0.994. The SMILES string of the molecule is C[C@](N)(C(=O)N1CC(Oc2ccc3c(c2C(=O)O)OB(O)[C@H]2C[C@@H]32)C1)c1c[nH]cn1. The van der Waals surface area contributed by atoms with Crippen LogP contribution in [0.25, 0.3) is 0 Å². The number of hydrogen-bond acceptors (Lipinski definition) is 7. The average molecular weight is 412 g/mol. The molecule has 0 bridgehead atoms. The van der Waals surface area contributed by atoms with Crippen LogP contribution in [0.3, 0.4) is 0 Å². The smallest absolute Gasteiger partial charge is 0.526 e. The minimum absolute atomic E-state index is 0.0252. The standard InChI is InChI=1S/C19H21BN4O6/c1-19(21,14-5-22-8-23-14)18(27)24-6-9(7-24)29-13-3-2-10-11-4-12(11)20(28)30-16(10)15(13)17(25)26/h2-3,5,8-9,11-12,28H,4,6-7,21H2,1H3,(H,22,23)(H,25,26)/t11-,12-,19+/m0/s1. The van der Waals surface area contributed by atoms with E-state index in [1.54, 1.807) is 30.2 Å². The van der Waals surface area contributed by atoms with E-state index in [0.717, 1.165) is 12.0 Å². The van der Waals surface area contributed by atoms with E-state index < -0.39 is 18.6 Å². The maximum Gasteiger partial charge on any atom is 0.526 e. The van der Waals surface area contributed by atoms with Gasteiger partial charge in [-0.1, -0.05) is 6.07 Å². The normalized spacial score (nSPS) is 24.1. The van der Waals surface area contributed by atoms with Crippen LogP contribution in [0.15, 0.2) is 24.7 Å². The first-order chi connectivity index (χ1) is 14.3. The summed E-state index contributed by atoms with van der Waals surface area (Å²) in [6.45, 7) is 2.15. The molecular weight excluding hydrogens is 391 g/mol. The number of ether oxygens (including phenoxy) is 1. The lowest BCUT2D eigenvalue weighted by Crippen LogP contribution is -2.62. The molecule has 2 aliphatic heterocycles. The number of carboxylic acid groups (broad SMARTS) is 1. The van der Waals surface area contributed by atoms with Gasteiger partial charge in [-0.2, -0.15) is 0 Å². The van der Waals surface area contributed by atoms with Crippen molar-refractivity contribution < 1.29 is 29.1 Å². The van der Waals surface area contributed by atoms with Gasteiger partial charge in [0.15, 0.2) is 0 Å². The zero-order valence-corrected chi connectivity index (χ0v) is 16.2. The average Bonchev–Trinajstić information content (AvgIpc) is 3.28. The van der Waals surface area contributed by atoms with E-state index in [-0.39, 0.29) is 53.9 Å². The molecule has 3 aliphatic rings. The van der Waals surface area contributed by atoms with Crippen LogP contribution in [0.2, 0.25) is 5.82 Å². The minimum Gasteiger partial charge on any atom is -0.535 e. The summed E-state index contributed by atoms with van der Waals surface area (Å²) in [4.78, 5) is 33.0. The number of likely N-dealkylation sites (tertiary alicyclic amines) is 1. The van der Waals surface area contributed by atoms with Crippen molar-refractivity contribution in [2.75, 3.05) is 13.1 Å². The molecule has 1 amide bonds.